The highest BCUT2D eigenvalue weighted by Gasteiger charge is 2.49. The van der Waals surface area contributed by atoms with Gasteiger partial charge in [0.15, 0.2) is 5.69 Å². The van der Waals surface area contributed by atoms with Gasteiger partial charge in [0.2, 0.25) is 15.2 Å². The van der Waals surface area contributed by atoms with E-state index in [-0.39, 0.29) is 53.0 Å². The fraction of sp³-hybridized carbons (Fsp3) is 0.381. The number of carbonyl (C=O) groups is 1. The molecule has 0 saturated heterocycles. The maximum atomic E-state index is 14.5. The average molecular weight is 613 g/mol. The lowest BCUT2D eigenvalue weighted by atomic mass is 10.0. The van der Waals surface area contributed by atoms with E-state index in [0.717, 1.165) is 41.0 Å². The van der Waals surface area contributed by atoms with Crippen LogP contribution in [0.5, 0.6) is 5.88 Å². The number of primary sulfonamides is 1. The smallest absolute Gasteiger partial charge is 0.461 e. The van der Waals surface area contributed by atoms with E-state index in [0.29, 0.717) is 0 Å². The molecule has 0 atom stereocenters. The zero-order chi connectivity index (χ0) is 28.8. The van der Waals surface area contributed by atoms with Crippen LogP contribution in [0.3, 0.4) is 0 Å². The quantitative estimate of drug-likeness (QED) is 0.157. The van der Waals surface area contributed by atoms with Crippen LogP contribution in [0.2, 0.25) is 0 Å². The van der Waals surface area contributed by atoms with Crippen molar-refractivity contribution in [2.45, 2.75) is 43.0 Å². The number of sulfonamides is 1. The molecule has 1 aliphatic carbocycles. The Bertz CT molecular complexity index is 1630. The maximum absolute atomic E-state index is 14.5. The molecular weight excluding hydrogens is 592 g/mol. The lowest BCUT2D eigenvalue weighted by molar-refractivity contribution is -0.0501. The summed E-state index contributed by atoms with van der Waals surface area (Å²) < 4.78 is 111. The van der Waals surface area contributed by atoms with Crippen molar-refractivity contribution in [1.29, 1.82) is 0 Å². The number of aromatic nitrogens is 3. The summed E-state index contributed by atoms with van der Waals surface area (Å²) in [5.41, 5.74) is -5.70. The minimum absolute atomic E-state index is 0.0185. The second kappa shape index (κ2) is 10.5. The Kier molecular flexibility index (Phi) is 7.76. The number of hydrogen-bond acceptors (Lipinski definition) is 10. The lowest BCUT2D eigenvalue weighted by Gasteiger charge is -2.11. The van der Waals surface area contributed by atoms with E-state index in [1.165, 1.54) is 11.4 Å². The number of hydrogen-bond donors (Lipinski definition) is 1. The predicted octanol–water partition coefficient (Wildman–Crippen LogP) is 3.06. The van der Waals surface area contributed by atoms with Gasteiger partial charge in [-0.1, -0.05) is 6.07 Å². The number of ether oxygens (including phenoxy) is 1. The summed E-state index contributed by atoms with van der Waals surface area (Å²) in [5.74, 6) is -2.79. The van der Waals surface area contributed by atoms with Crippen LogP contribution in [-0.2, 0) is 37.7 Å². The Balaban J connectivity index is 1.85. The van der Waals surface area contributed by atoms with E-state index in [4.69, 9.17) is 9.88 Å². The van der Waals surface area contributed by atoms with Crippen molar-refractivity contribution in [3.05, 3.63) is 51.9 Å². The predicted molar refractivity (Wildman–Crippen MR) is 128 cm³/mol. The van der Waals surface area contributed by atoms with Gasteiger partial charge in [0.1, 0.15) is 10.7 Å². The standard InChI is InChI=1S/C21H20F4N4O7S3/c1-2-35-19(30)15-10-37-20(27-15)29-16(9-11-3-4-11)13(18(28-29)36-39(33,34)21(23,24)25)7-12-5-6-17(14(22)8-12)38(26,31)32/h5-6,8,10-11H,2-4,7,9H2,1H3,(H2,26,31,32). The maximum Gasteiger partial charge on any atom is 0.534 e. The minimum Gasteiger partial charge on any atom is -0.461 e. The van der Waals surface area contributed by atoms with Gasteiger partial charge in [-0.05, 0) is 49.8 Å². The van der Waals surface area contributed by atoms with E-state index < -0.39 is 48.2 Å². The Hall–Kier alpha value is -3.09. The van der Waals surface area contributed by atoms with Crippen molar-refractivity contribution in [3.63, 3.8) is 0 Å². The molecule has 39 heavy (non-hydrogen) atoms. The van der Waals surface area contributed by atoms with Gasteiger partial charge in [0, 0.05) is 17.4 Å². The van der Waals surface area contributed by atoms with Crippen molar-refractivity contribution in [3.8, 4) is 11.0 Å². The highest BCUT2D eigenvalue weighted by atomic mass is 32.2. The van der Waals surface area contributed by atoms with Crippen LogP contribution in [0.25, 0.3) is 5.13 Å². The number of thiazole rings is 1. The summed E-state index contributed by atoms with van der Waals surface area (Å²) >= 11 is 0.898. The average Bonchev–Trinajstić information content (AvgIpc) is 3.39. The highest BCUT2D eigenvalue weighted by molar-refractivity contribution is 7.89. The number of nitrogens with zero attached hydrogens (tertiary/aromatic N) is 3. The molecule has 1 aliphatic rings. The van der Waals surface area contributed by atoms with Gasteiger partial charge in [0.05, 0.1) is 12.3 Å². The molecule has 11 nitrogen and oxygen atoms in total. The molecule has 1 fully saturated rings. The van der Waals surface area contributed by atoms with Crippen molar-refractivity contribution in [2.24, 2.45) is 11.1 Å². The number of esters is 1. The van der Waals surface area contributed by atoms with Gasteiger partial charge in [-0.25, -0.2) is 32.4 Å². The lowest BCUT2D eigenvalue weighted by Crippen LogP contribution is -2.28. The number of alkyl halides is 3. The molecule has 3 aromatic rings. The van der Waals surface area contributed by atoms with Gasteiger partial charge >= 0.3 is 21.6 Å². The highest BCUT2D eigenvalue weighted by Crippen LogP contribution is 2.39. The van der Waals surface area contributed by atoms with Crippen LogP contribution in [0.15, 0.2) is 28.5 Å². The van der Waals surface area contributed by atoms with Gasteiger partial charge < -0.3 is 8.92 Å². The van der Waals surface area contributed by atoms with Crippen molar-refractivity contribution in [1.82, 2.24) is 14.8 Å². The summed E-state index contributed by atoms with van der Waals surface area (Å²) in [5, 5.41) is 10.3. The molecule has 0 unspecified atom stereocenters. The van der Waals surface area contributed by atoms with E-state index in [9.17, 15) is 39.2 Å². The van der Waals surface area contributed by atoms with Crippen molar-refractivity contribution in [2.75, 3.05) is 6.61 Å². The SMILES string of the molecule is CCOC(=O)c1csc(-n2nc(OS(=O)(=O)C(F)(F)F)c(Cc3ccc(S(N)(=O)=O)c(F)c3)c2CC2CC2)n1. The number of halogens is 4. The van der Waals surface area contributed by atoms with Crippen LogP contribution >= 0.6 is 11.3 Å². The van der Waals surface area contributed by atoms with Crippen LogP contribution in [0.1, 0.15) is 47.1 Å². The van der Waals surface area contributed by atoms with E-state index in [1.54, 1.807) is 6.92 Å². The fourth-order valence-electron chi connectivity index (χ4n) is 3.57. The number of benzene rings is 1. The van der Waals surface area contributed by atoms with E-state index >= 15 is 0 Å². The number of nitrogens with two attached hydrogens (primary N) is 1. The Morgan fingerprint density at radius 2 is 1.92 bits per heavy atom. The summed E-state index contributed by atoms with van der Waals surface area (Å²) in [6.45, 7) is 1.65. The molecule has 2 aromatic heterocycles. The third-order valence-corrected chi connectivity index (χ3v) is 8.25. The number of rotatable bonds is 10. The van der Waals surface area contributed by atoms with Gasteiger partial charge in [-0.2, -0.15) is 21.6 Å². The molecule has 0 aliphatic heterocycles. The molecule has 0 bridgehead atoms. The molecule has 0 spiro atoms. The summed E-state index contributed by atoms with van der Waals surface area (Å²) in [6, 6.07) is 2.86. The first-order valence-electron chi connectivity index (χ1n) is 11.2. The van der Waals surface area contributed by atoms with E-state index in [2.05, 4.69) is 14.3 Å². The normalized spacial score (nSPS) is 14.4. The van der Waals surface area contributed by atoms with Crippen LogP contribution < -0.4 is 9.32 Å². The Morgan fingerprint density at radius 1 is 1.23 bits per heavy atom. The molecule has 1 saturated carbocycles. The summed E-state index contributed by atoms with van der Waals surface area (Å²) in [4.78, 5) is 15.4. The third kappa shape index (κ3) is 6.39. The Labute approximate surface area is 223 Å². The molecule has 2 heterocycles. The van der Waals surface area contributed by atoms with Crippen molar-refractivity contribution >= 4 is 37.4 Å². The van der Waals surface area contributed by atoms with Gasteiger partial charge in [-0.15, -0.1) is 16.4 Å². The van der Waals surface area contributed by atoms with Gasteiger partial charge in [0.25, 0.3) is 5.88 Å². The fourth-order valence-corrected chi connectivity index (χ4v) is 5.36. The molecular formula is C21H20F4N4O7S3. The molecule has 0 amide bonds. The first-order valence-corrected chi connectivity index (χ1v) is 15.0. The molecule has 4 rings (SSSR count). The van der Waals surface area contributed by atoms with Crippen LogP contribution in [-0.4, -0.2) is 49.7 Å². The Morgan fingerprint density at radius 3 is 2.49 bits per heavy atom. The largest absolute Gasteiger partial charge is 0.534 e. The van der Waals surface area contributed by atoms with Crippen LogP contribution in [0.4, 0.5) is 17.6 Å². The molecule has 18 heteroatoms. The monoisotopic (exact) mass is 612 g/mol. The first-order chi connectivity index (χ1) is 18.1. The zero-order valence-electron chi connectivity index (χ0n) is 19.9. The summed E-state index contributed by atoms with van der Waals surface area (Å²) in [6.07, 6.45) is 1.41. The van der Waals surface area contributed by atoms with Crippen molar-refractivity contribution < 1.29 is 48.1 Å². The summed E-state index contributed by atoms with van der Waals surface area (Å²) in [7, 11) is -10.5. The van der Waals surface area contributed by atoms with Crippen LogP contribution in [0, 0.1) is 11.7 Å². The molecule has 2 N–H and O–H groups in total. The third-order valence-electron chi connectivity index (χ3n) is 5.55. The molecule has 212 valence electrons. The first kappa shape index (κ1) is 28.9. The molecule has 0 radical (unpaired) electrons. The minimum atomic E-state index is -6.15. The van der Waals surface area contributed by atoms with Gasteiger partial charge in [-0.3, -0.25) is 0 Å². The second-order valence-corrected chi connectivity index (χ2v) is 12.4. The second-order valence-electron chi connectivity index (χ2n) is 8.50. The molecule has 1 aromatic carbocycles. The number of carbonyl (C=O) groups excluding carboxylic acids is 1. The zero-order valence-corrected chi connectivity index (χ0v) is 22.4. The van der Waals surface area contributed by atoms with E-state index in [1.807, 2.05) is 0 Å². The topological polar surface area (TPSA) is 161 Å².